The van der Waals surface area contributed by atoms with Crippen LogP contribution in [0, 0.1) is 0 Å². The fourth-order valence-electron chi connectivity index (χ4n) is 6.38. The van der Waals surface area contributed by atoms with Gasteiger partial charge in [0.15, 0.2) is 0 Å². The van der Waals surface area contributed by atoms with Gasteiger partial charge < -0.3 is 13.6 Å². The van der Waals surface area contributed by atoms with Crippen molar-refractivity contribution in [3.05, 3.63) is 0 Å². The molecule has 46 heavy (non-hydrogen) atoms. The van der Waals surface area contributed by atoms with Crippen LogP contribution in [0.5, 0.6) is 0 Å². The first-order valence-corrected chi connectivity index (χ1v) is 21.9. The summed E-state index contributed by atoms with van der Waals surface area (Å²) in [5.41, 5.74) is -0.725. The maximum atomic E-state index is 6.79. The molecule has 0 aromatic heterocycles. The molecule has 0 aliphatic rings. The Morgan fingerprint density at radius 3 is 0.652 bits per heavy atom. The Labute approximate surface area is 293 Å². The summed E-state index contributed by atoms with van der Waals surface area (Å²) >= 11 is 0. The Hall–Kier alpha value is 0.310. The molecule has 0 bridgehead atoms. The van der Waals surface area contributed by atoms with E-state index in [1.807, 2.05) is 0 Å². The van der Waals surface area contributed by atoms with Crippen molar-refractivity contribution < 1.29 is 13.6 Å². The van der Waals surface area contributed by atoms with Gasteiger partial charge in [0, 0.05) is 0 Å². The summed E-state index contributed by atoms with van der Waals surface area (Å²) in [5.74, 6) is 0. The molecule has 0 rings (SSSR count). The van der Waals surface area contributed by atoms with Crippen LogP contribution in [0.4, 0.5) is 0 Å². The maximum absolute atomic E-state index is 6.79. The van der Waals surface area contributed by atoms with E-state index in [-0.39, 0.29) is 16.8 Å². The average molecular weight is 671 g/mol. The maximum Gasteiger partial charge on any atom is 0.334 e. The topological polar surface area (TPSA) is 27.7 Å². The second-order valence-electron chi connectivity index (χ2n) is 16.5. The molecule has 0 heterocycles. The van der Waals surface area contributed by atoms with Crippen molar-refractivity contribution in [3.8, 4) is 0 Å². The number of unbranched alkanes of at least 4 members (excludes halogenated alkanes) is 24. The molecule has 0 amide bonds. The van der Waals surface area contributed by atoms with E-state index in [1.165, 1.54) is 173 Å². The minimum atomic E-state index is -1.43. The van der Waals surface area contributed by atoms with Gasteiger partial charge in [0.25, 0.3) is 0 Å². The summed E-state index contributed by atoms with van der Waals surface area (Å²) < 4.78 is 20.4. The van der Waals surface area contributed by atoms with Gasteiger partial charge in [0.05, 0.1) is 16.8 Å². The molecule has 0 unspecified atom stereocenters. The summed E-state index contributed by atoms with van der Waals surface area (Å²) in [5, 5.41) is 0. The third-order valence-corrected chi connectivity index (χ3v) is 11.5. The minimum Gasteiger partial charge on any atom is -0.306 e. The average Bonchev–Trinajstić information content (AvgIpc) is 2.97. The van der Waals surface area contributed by atoms with E-state index in [0.717, 1.165) is 19.3 Å². The third kappa shape index (κ3) is 31.6. The summed E-state index contributed by atoms with van der Waals surface area (Å²) in [4.78, 5) is 0. The largest absolute Gasteiger partial charge is 0.334 e. The molecular weight excluding hydrogens is 583 g/mol. The first-order valence-electron chi connectivity index (χ1n) is 20.8. The molecule has 278 valence electrons. The van der Waals surface area contributed by atoms with Crippen molar-refractivity contribution in [3.63, 3.8) is 0 Å². The lowest BCUT2D eigenvalue weighted by Gasteiger charge is -2.38. The predicted octanol–water partition coefficient (Wildman–Crippen LogP) is 16.4. The van der Waals surface area contributed by atoms with E-state index >= 15 is 0 Å². The Morgan fingerprint density at radius 2 is 0.457 bits per heavy atom. The molecule has 4 heteroatoms. The van der Waals surface area contributed by atoms with Crippen molar-refractivity contribution >= 4 is 8.60 Å². The van der Waals surface area contributed by atoms with E-state index < -0.39 is 8.60 Å². The fraction of sp³-hybridized carbons (Fsp3) is 1.00. The van der Waals surface area contributed by atoms with E-state index in [0.29, 0.717) is 0 Å². The van der Waals surface area contributed by atoms with E-state index in [4.69, 9.17) is 13.6 Å². The van der Waals surface area contributed by atoms with Crippen LogP contribution >= 0.6 is 8.60 Å². The fourth-order valence-corrected chi connectivity index (χ4v) is 7.98. The highest BCUT2D eigenvalue weighted by Crippen LogP contribution is 2.52. The lowest BCUT2D eigenvalue weighted by molar-refractivity contribution is -0.0228. The first kappa shape index (κ1) is 46.3. The molecule has 0 aromatic carbocycles. The smallest absolute Gasteiger partial charge is 0.306 e. The van der Waals surface area contributed by atoms with Gasteiger partial charge in [0.1, 0.15) is 0 Å². The van der Waals surface area contributed by atoms with Crippen LogP contribution in [-0.4, -0.2) is 16.8 Å². The van der Waals surface area contributed by atoms with Crippen LogP contribution < -0.4 is 0 Å². The molecule has 0 aliphatic heterocycles. The molecule has 0 radical (unpaired) electrons. The summed E-state index contributed by atoms with van der Waals surface area (Å²) in [7, 11) is -1.43. The van der Waals surface area contributed by atoms with E-state index in [1.54, 1.807) is 0 Å². The third-order valence-electron chi connectivity index (χ3n) is 9.61. The highest BCUT2D eigenvalue weighted by atomic mass is 31.2. The van der Waals surface area contributed by atoms with Crippen molar-refractivity contribution in [2.45, 2.75) is 272 Å². The zero-order valence-electron chi connectivity index (χ0n) is 33.4. The van der Waals surface area contributed by atoms with Gasteiger partial charge in [-0.3, -0.25) is 0 Å². The van der Waals surface area contributed by atoms with Gasteiger partial charge in [0.2, 0.25) is 0 Å². The van der Waals surface area contributed by atoms with Crippen LogP contribution in [-0.2, 0) is 13.6 Å². The SMILES string of the molecule is CCCCCCCCCCCC(C)(C)OP(OC(C)(C)CCCCCCCCCCC)OC(C)(C)CCCCCCCCCCC. The van der Waals surface area contributed by atoms with Gasteiger partial charge >= 0.3 is 8.60 Å². The Morgan fingerprint density at radius 1 is 0.283 bits per heavy atom. The number of hydrogen-bond donors (Lipinski definition) is 0. The Bertz CT molecular complexity index is 547. The van der Waals surface area contributed by atoms with Crippen LogP contribution in [0.2, 0.25) is 0 Å². The minimum absolute atomic E-state index is 0.242. The van der Waals surface area contributed by atoms with Gasteiger partial charge in [-0.25, -0.2) is 0 Å². The van der Waals surface area contributed by atoms with E-state index in [2.05, 4.69) is 62.3 Å². The number of hydrogen-bond acceptors (Lipinski definition) is 3. The van der Waals surface area contributed by atoms with Crippen LogP contribution in [0.25, 0.3) is 0 Å². The van der Waals surface area contributed by atoms with Gasteiger partial charge in [-0.1, -0.05) is 194 Å². The molecule has 0 saturated carbocycles. The quantitative estimate of drug-likeness (QED) is 0.0490. The molecule has 0 spiro atoms. The zero-order chi connectivity index (χ0) is 34.4. The van der Waals surface area contributed by atoms with Gasteiger partial charge in [-0.05, 0) is 60.8 Å². The van der Waals surface area contributed by atoms with Crippen LogP contribution in [0.1, 0.15) is 255 Å². The first-order chi connectivity index (χ1) is 22.0. The summed E-state index contributed by atoms with van der Waals surface area (Å²) in [6.45, 7) is 20.4. The molecule has 0 aromatic rings. The van der Waals surface area contributed by atoms with E-state index in [9.17, 15) is 0 Å². The Balaban J connectivity index is 4.83. The van der Waals surface area contributed by atoms with Crippen LogP contribution in [0.15, 0.2) is 0 Å². The summed E-state index contributed by atoms with van der Waals surface area (Å²) in [6, 6.07) is 0. The lowest BCUT2D eigenvalue weighted by Crippen LogP contribution is -2.31. The van der Waals surface area contributed by atoms with Gasteiger partial charge in [-0.2, -0.15) is 0 Å². The highest BCUT2D eigenvalue weighted by molar-refractivity contribution is 7.41. The highest BCUT2D eigenvalue weighted by Gasteiger charge is 2.35. The Kier molecular flexibility index (Phi) is 30.4. The van der Waals surface area contributed by atoms with Crippen molar-refractivity contribution in [1.29, 1.82) is 0 Å². The molecule has 3 nitrogen and oxygen atoms in total. The molecule has 0 saturated heterocycles. The van der Waals surface area contributed by atoms with Gasteiger partial charge in [-0.15, -0.1) is 0 Å². The summed E-state index contributed by atoms with van der Waals surface area (Å²) in [6.07, 6.45) is 39.7. The van der Waals surface area contributed by atoms with Crippen LogP contribution in [0.3, 0.4) is 0 Å². The van der Waals surface area contributed by atoms with Crippen molar-refractivity contribution in [2.24, 2.45) is 0 Å². The number of rotatable bonds is 36. The molecular formula is C42H87O3P. The molecule has 0 atom stereocenters. The molecule has 0 N–H and O–H groups in total. The zero-order valence-corrected chi connectivity index (χ0v) is 34.3. The lowest BCUT2D eigenvalue weighted by atomic mass is 9.99. The van der Waals surface area contributed by atoms with Crippen molar-refractivity contribution in [1.82, 2.24) is 0 Å². The predicted molar refractivity (Wildman–Crippen MR) is 208 cm³/mol. The standard InChI is InChI=1S/C42H87O3P/c1-10-13-16-19-22-25-28-31-34-37-40(4,5)43-46(44-41(6,7)38-35-32-29-26-23-20-17-14-11-2)45-42(8,9)39-36-33-30-27-24-21-18-15-12-3/h10-39H2,1-9H3. The molecule has 0 fully saturated rings. The normalized spacial score (nSPS) is 12.9. The monoisotopic (exact) mass is 671 g/mol. The second-order valence-corrected chi connectivity index (χ2v) is 17.5. The molecule has 0 aliphatic carbocycles. The second kappa shape index (κ2) is 30.2. The van der Waals surface area contributed by atoms with Crippen molar-refractivity contribution in [2.75, 3.05) is 0 Å².